The maximum Gasteiger partial charge on any atom is 0.258 e. The summed E-state index contributed by atoms with van der Waals surface area (Å²) < 4.78 is 5.87. The van der Waals surface area contributed by atoms with Crippen LogP contribution in [0.5, 0.6) is 5.75 Å². The number of carbonyl (C=O) groups excluding carboxylic acids is 1. The highest BCUT2D eigenvalue weighted by atomic mass is 35.5. The first-order chi connectivity index (χ1) is 13.1. The molecule has 3 aromatic rings. The number of hydrogen-bond donors (Lipinski definition) is 0. The molecule has 136 valence electrons. The summed E-state index contributed by atoms with van der Waals surface area (Å²) in [4.78, 5) is 15.0. The van der Waals surface area contributed by atoms with Gasteiger partial charge in [0.15, 0.2) is 0 Å². The van der Waals surface area contributed by atoms with Gasteiger partial charge in [-0.3, -0.25) is 4.79 Å². The molecule has 27 heavy (non-hydrogen) atoms. The van der Waals surface area contributed by atoms with Gasteiger partial charge in [-0.1, -0.05) is 54.1 Å². The van der Waals surface area contributed by atoms with Crippen LogP contribution in [0.25, 0.3) is 0 Å². The zero-order valence-corrected chi connectivity index (χ0v) is 15.8. The number of benzene rings is 3. The summed E-state index contributed by atoms with van der Waals surface area (Å²) in [7, 11) is 0. The van der Waals surface area contributed by atoms with Gasteiger partial charge in [0.2, 0.25) is 0 Å². The minimum Gasteiger partial charge on any atom is -0.489 e. The Balaban J connectivity index is 1.54. The molecule has 1 heterocycles. The molecule has 3 nitrogen and oxygen atoms in total. The quantitative estimate of drug-likeness (QED) is 0.600. The Bertz CT molecular complexity index is 985. The molecule has 0 saturated carbocycles. The molecule has 1 aliphatic heterocycles. The van der Waals surface area contributed by atoms with Crippen molar-refractivity contribution in [1.82, 2.24) is 0 Å². The number of halogens is 1. The van der Waals surface area contributed by atoms with Crippen LogP contribution in [0, 0.1) is 0 Å². The van der Waals surface area contributed by atoms with E-state index < -0.39 is 0 Å². The number of ether oxygens (including phenoxy) is 1. The van der Waals surface area contributed by atoms with E-state index in [9.17, 15) is 4.79 Å². The number of para-hydroxylation sites is 1. The van der Waals surface area contributed by atoms with Gasteiger partial charge < -0.3 is 9.64 Å². The fourth-order valence-corrected chi connectivity index (χ4v) is 3.70. The van der Waals surface area contributed by atoms with E-state index in [-0.39, 0.29) is 11.9 Å². The minimum atomic E-state index is -0.00403. The Labute approximate surface area is 164 Å². The molecule has 0 fully saturated rings. The molecule has 4 heteroatoms. The largest absolute Gasteiger partial charge is 0.489 e. The van der Waals surface area contributed by atoms with Gasteiger partial charge in [-0.25, -0.2) is 0 Å². The molecule has 0 unspecified atom stereocenters. The highest BCUT2D eigenvalue weighted by molar-refractivity contribution is 6.31. The molecular formula is C23H20ClNO2. The second-order valence-corrected chi connectivity index (χ2v) is 7.17. The Kier molecular flexibility index (Phi) is 4.87. The lowest BCUT2D eigenvalue weighted by Gasteiger charge is -2.23. The van der Waals surface area contributed by atoms with E-state index in [2.05, 4.69) is 13.0 Å². The van der Waals surface area contributed by atoms with E-state index >= 15 is 0 Å². The maximum absolute atomic E-state index is 13.1. The Morgan fingerprint density at radius 2 is 1.85 bits per heavy atom. The van der Waals surface area contributed by atoms with Crippen LogP contribution in [0.2, 0.25) is 5.02 Å². The third-order valence-electron chi connectivity index (χ3n) is 4.86. The number of anilines is 1. The van der Waals surface area contributed by atoms with E-state index in [0.29, 0.717) is 22.9 Å². The van der Waals surface area contributed by atoms with Gasteiger partial charge in [0.1, 0.15) is 12.4 Å². The summed E-state index contributed by atoms with van der Waals surface area (Å²) >= 11 is 6.18. The highest BCUT2D eigenvalue weighted by Crippen LogP contribution is 2.33. The van der Waals surface area contributed by atoms with Crippen LogP contribution in [0.3, 0.4) is 0 Å². The first-order valence-electron chi connectivity index (χ1n) is 9.01. The van der Waals surface area contributed by atoms with E-state index in [1.54, 1.807) is 6.07 Å². The number of fused-ring (bicyclic) bond motifs is 1. The maximum atomic E-state index is 13.1. The minimum absolute atomic E-state index is 0.00403. The SMILES string of the molecule is C[C@H]1Cc2ccccc2N1C(=O)c1cccc(OCc2ccccc2Cl)c1. The zero-order valence-electron chi connectivity index (χ0n) is 15.1. The Morgan fingerprint density at radius 3 is 2.70 bits per heavy atom. The van der Waals surface area contributed by atoms with E-state index in [4.69, 9.17) is 16.3 Å². The van der Waals surface area contributed by atoms with Crippen LogP contribution < -0.4 is 9.64 Å². The lowest BCUT2D eigenvalue weighted by molar-refractivity contribution is 0.0981. The monoisotopic (exact) mass is 377 g/mol. The van der Waals surface area contributed by atoms with Crippen LogP contribution in [-0.2, 0) is 13.0 Å². The molecule has 0 aliphatic carbocycles. The van der Waals surface area contributed by atoms with Crippen molar-refractivity contribution in [2.45, 2.75) is 26.0 Å². The first kappa shape index (κ1) is 17.6. The molecule has 4 rings (SSSR count). The fourth-order valence-electron chi connectivity index (χ4n) is 3.51. The zero-order chi connectivity index (χ0) is 18.8. The summed E-state index contributed by atoms with van der Waals surface area (Å²) in [5.41, 5.74) is 3.75. The molecule has 1 atom stereocenters. The molecule has 0 aromatic heterocycles. The number of carbonyl (C=O) groups is 1. The van der Waals surface area contributed by atoms with Crippen LogP contribution >= 0.6 is 11.6 Å². The van der Waals surface area contributed by atoms with Crippen LogP contribution in [0.1, 0.15) is 28.4 Å². The molecule has 0 N–H and O–H groups in total. The summed E-state index contributed by atoms with van der Waals surface area (Å²) in [6.45, 7) is 2.44. The van der Waals surface area contributed by atoms with E-state index in [0.717, 1.165) is 17.7 Å². The summed E-state index contributed by atoms with van der Waals surface area (Å²) in [5.74, 6) is 0.650. The fraction of sp³-hybridized carbons (Fsp3) is 0.174. The summed E-state index contributed by atoms with van der Waals surface area (Å²) in [5, 5.41) is 0.673. The predicted molar refractivity (Wildman–Crippen MR) is 109 cm³/mol. The van der Waals surface area contributed by atoms with Crippen molar-refractivity contribution >= 4 is 23.2 Å². The average Bonchev–Trinajstić information content (AvgIpc) is 3.02. The molecule has 3 aromatic carbocycles. The van der Waals surface area contributed by atoms with Crippen molar-refractivity contribution in [1.29, 1.82) is 0 Å². The molecule has 0 bridgehead atoms. The second kappa shape index (κ2) is 7.45. The molecule has 0 saturated heterocycles. The number of hydrogen-bond acceptors (Lipinski definition) is 2. The third-order valence-corrected chi connectivity index (χ3v) is 5.23. The van der Waals surface area contributed by atoms with Gasteiger partial charge in [0.25, 0.3) is 5.91 Å². The highest BCUT2D eigenvalue weighted by Gasteiger charge is 2.31. The van der Waals surface area contributed by atoms with Crippen LogP contribution in [0.4, 0.5) is 5.69 Å². The van der Waals surface area contributed by atoms with Gasteiger partial charge in [-0.2, -0.15) is 0 Å². The van der Waals surface area contributed by atoms with Crippen LogP contribution in [0.15, 0.2) is 72.8 Å². The molecule has 1 aliphatic rings. The van der Waals surface area contributed by atoms with Gasteiger partial charge in [-0.15, -0.1) is 0 Å². The van der Waals surface area contributed by atoms with Gasteiger partial charge >= 0.3 is 0 Å². The van der Waals surface area contributed by atoms with E-state index in [1.165, 1.54) is 5.56 Å². The van der Waals surface area contributed by atoms with Crippen molar-refractivity contribution in [2.24, 2.45) is 0 Å². The average molecular weight is 378 g/mol. The van der Waals surface area contributed by atoms with Crippen molar-refractivity contribution in [2.75, 3.05) is 4.90 Å². The number of amides is 1. The van der Waals surface area contributed by atoms with Crippen LogP contribution in [-0.4, -0.2) is 11.9 Å². The van der Waals surface area contributed by atoms with Crippen molar-refractivity contribution < 1.29 is 9.53 Å². The number of nitrogens with zero attached hydrogens (tertiary/aromatic N) is 1. The van der Waals surface area contributed by atoms with Crippen molar-refractivity contribution in [3.8, 4) is 5.75 Å². The van der Waals surface area contributed by atoms with Gasteiger partial charge in [0.05, 0.1) is 0 Å². The lowest BCUT2D eigenvalue weighted by Crippen LogP contribution is -2.35. The molecule has 1 amide bonds. The Hall–Kier alpha value is -2.78. The smallest absolute Gasteiger partial charge is 0.258 e. The Morgan fingerprint density at radius 1 is 1.07 bits per heavy atom. The lowest BCUT2D eigenvalue weighted by atomic mass is 10.1. The normalized spacial score (nSPS) is 15.5. The topological polar surface area (TPSA) is 29.5 Å². The molecular weight excluding hydrogens is 358 g/mol. The van der Waals surface area contributed by atoms with Crippen molar-refractivity contribution in [3.05, 3.63) is 94.5 Å². The van der Waals surface area contributed by atoms with Crippen molar-refractivity contribution in [3.63, 3.8) is 0 Å². The summed E-state index contributed by atoms with van der Waals surface area (Å²) in [6, 6.07) is 23.1. The van der Waals surface area contributed by atoms with E-state index in [1.807, 2.05) is 65.6 Å². The van der Waals surface area contributed by atoms with Gasteiger partial charge in [0, 0.05) is 27.9 Å². The third kappa shape index (κ3) is 3.56. The van der Waals surface area contributed by atoms with Gasteiger partial charge in [-0.05, 0) is 49.2 Å². The summed E-state index contributed by atoms with van der Waals surface area (Å²) in [6.07, 6.45) is 0.880. The predicted octanol–water partition coefficient (Wildman–Crippen LogP) is 5.51. The molecule has 0 radical (unpaired) electrons. The standard InChI is InChI=1S/C23H20ClNO2/c1-16-13-17-7-3-5-12-22(17)25(16)23(26)18-9-6-10-20(14-18)27-15-19-8-2-4-11-21(19)24/h2-12,14,16H,13,15H2,1H3/t16-/m0/s1. The number of rotatable bonds is 4. The molecule has 0 spiro atoms. The first-order valence-corrected chi connectivity index (χ1v) is 9.39. The second-order valence-electron chi connectivity index (χ2n) is 6.76.